The lowest BCUT2D eigenvalue weighted by molar-refractivity contribution is -0.120. The number of amides is 2. The number of nitrogens with zero attached hydrogens (tertiary/aromatic N) is 1. The molecule has 18 heavy (non-hydrogen) atoms. The van der Waals surface area contributed by atoms with Crippen LogP contribution >= 0.6 is 0 Å². The summed E-state index contributed by atoms with van der Waals surface area (Å²) in [4.78, 5) is 24.1. The van der Waals surface area contributed by atoms with Gasteiger partial charge in [0.15, 0.2) is 0 Å². The second-order valence-electron chi connectivity index (χ2n) is 4.27. The molecule has 2 N–H and O–H groups in total. The number of carbonyl (C=O) groups is 2. The van der Waals surface area contributed by atoms with Gasteiger partial charge in [-0.3, -0.25) is 9.59 Å². The molecule has 0 atom stereocenters. The molecule has 1 aliphatic heterocycles. The van der Waals surface area contributed by atoms with Crippen LogP contribution in [0, 0.1) is 20.8 Å². The molecular weight excluding hydrogens is 234 g/mol. The van der Waals surface area contributed by atoms with Crippen LogP contribution in [0.5, 0.6) is 11.5 Å². The Balaban J connectivity index is 2.73. The van der Waals surface area contributed by atoms with Gasteiger partial charge >= 0.3 is 0 Å². The lowest BCUT2D eigenvalue weighted by Crippen LogP contribution is -2.30. The number of benzene rings is 1. The van der Waals surface area contributed by atoms with E-state index in [9.17, 15) is 19.8 Å². The van der Waals surface area contributed by atoms with Crippen LogP contribution in [0.4, 0.5) is 5.69 Å². The zero-order valence-corrected chi connectivity index (χ0v) is 10.3. The van der Waals surface area contributed by atoms with Crippen LogP contribution in [0.25, 0.3) is 0 Å². The van der Waals surface area contributed by atoms with Crippen LogP contribution in [-0.2, 0) is 9.59 Å². The van der Waals surface area contributed by atoms with Crippen LogP contribution in [-0.4, -0.2) is 22.0 Å². The highest BCUT2D eigenvalue weighted by Crippen LogP contribution is 2.43. The van der Waals surface area contributed by atoms with Crippen LogP contribution in [0.1, 0.15) is 16.7 Å². The van der Waals surface area contributed by atoms with Crippen molar-refractivity contribution in [2.24, 2.45) is 0 Å². The van der Waals surface area contributed by atoms with Crippen LogP contribution < -0.4 is 4.90 Å². The number of carbonyl (C=O) groups excluding carboxylic acids is 2. The molecule has 2 amide bonds. The van der Waals surface area contributed by atoms with Crippen molar-refractivity contribution >= 4 is 17.5 Å². The van der Waals surface area contributed by atoms with Crippen molar-refractivity contribution < 1.29 is 19.8 Å². The van der Waals surface area contributed by atoms with E-state index in [0.29, 0.717) is 16.7 Å². The third-order valence-electron chi connectivity index (χ3n) is 3.24. The SMILES string of the molecule is Cc1c(C)c(O)c(N2C(=O)C=CC2=O)c(C)c1O. The standard InChI is InChI=1S/C13H13NO4/c1-6-7(2)13(18)11(8(3)12(6)17)14-9(15)4-5-10(14)16/h4-5,17-18H,1-3H3. The van der Waals surface area contributed by atoms with E-state index in [4.69, 9.17) is 0 Å². The van der Waals surface area contributed by atoms with Crippen LogP contribution in [0.2, 0.25) is 0 Å². The Bertz CT molecular complexity index is 554. The van der Waals surface area contributed by atoms with Crippen molar-refractivity contribution in [3.05, 3.63) is 28.8 Å². The highest BCUT2D eigenvalue weighted by Gasteiger charge is 2.31. The van der Waals surface area contributed by atoms with Crippen molar-refractivity contribution in [2.45, 2.75) is 20.8 Å². The Hall–Kier alpha value is -2.30. The minimum atomic E-state index is -0.527. The molecule has 0 aromatic heterocycles. The highest BCUT2D eigenvalue weighted by atomic mass is 16.3. The van der Waals surface area contributed by atoms with Crippen LogP contribution in [0.3, 0.4) is 0 Å². The molecule has 0 spiro atoms. The first kappa shape index (κ1) is 12.2. The Morgan fingerprint density at radius 2 is 1.28 bits per heavy atom. The summed E-state index contributed by atoms with van der Waals surface area (Å²) in [5.41, 5.74) is 1.33. The van der Waals surface area contributed by atoms with Gasteiger partial charge in [0.1, 0.15) is 17.2 Å². The summed E-state index contributed by atoms with van der Waals surface area (Å²) in [6.07, 6.45) is 2.26. The molecule has 0 aliphatic carbocycles. The van der Waals surface area contributed by atoms with E-state index >= 15 is 0 Å². The number of imide groups is 1. The summed E-state index contributed by atoms with van der Waals surface area (Å²) in [5.74, 6) is -1.23. The maximum atomic E-state index is 11.6. The molecule has 5 nitrogen and oxygen atoms in total. The van der Waals surface area contributed by atoms with E-state index in [0.717, 1.165) is 17.1 Å². The maximum Gasteiger partial charge on any atom is 0.258 e. The predicted molar refractivity (Wildman–Crippen MR) is 65.6 cm³/mol. The summed E-state index contributed by atoms with van der Waals surface area (Å²) >= 11 is 0. The van der Waals surface area contributed by atoms with Gasteiger partial charge in [-0.05, 0) is 31.9 Å². The molecule has 0 bridgehead atoms. The summed E-state index contributed by atoms with van der Waals surface area (Å²) < 4.78 is 0. The fourth-order valence-corrected chi connectivity index (χ4v) is 2.00. The normalized spacial score (nSPS) is 14.7. The molecule has 0 fully saturated rings. The first-order chi connectivity index (χ1) is 8.36. The van der Waals surface area contributed by atoms with Gasteiger partial charge in [0.25, 0.3) is 11.8 Å². The van der Waals surface area contributed by atoms with Gasteiger partial charge in [-0.2, -0.15) is 0 Å². The van der Waals surface area contributed by atoms with Gasteiger partial charge < -0.3 is 10.2 Å². The van der Waals surface area contributed by atoms with Gasteiger partial charge in [-0.15, -0.1) is 0 Å². The second kappa shape index (κ2) is 3.87. The predicted octanol–water partition coefficient (Wildman–Crippen LogP) is 1.45. The molecule has 0 saturated heterocycles. The minimum absolute atomic E-state index is 0.0206. The number of hydrogen-bond donors (Lipinski definition) is 2. The van der Waals surface area contributed by atoms with Crippen molar-refractivity contribution in [1.82, 2.24) is 0 Å². The van der Waals surface area contributed by atoms with Crippen molar-refractivity contribution in [1.29, 1.82) is 0 Å². The second-order valence-corrected chi connectivity index (χ2v) is 4.27. The molecule has 0 saturated carbocycles. The lowest BCUT2D eigenvalue weighted by Gasteiger charge is -2.21. The zero-order chi connectivity index (χ0) is 13.6. The highest BCUT2D eigenvalue weighted by molar-refractivity contribution is 6.29. The Morgan fingerprint density at radius 1 is 0.833 bits per heavy atom. The first-order valence-corrected chi connectivity index (χ1v) is 5.44. The molecule has 5 heteroatoms. The van der Waals surface area contributed by atoms with Gasteiger partial charge in [0.2, 0.25) is 0 Å². The Labute approximate surface area is 104 Å². The van der Waals surface area contributed by atoms with Gasteiger partial charge in [-0.25, -0.2) is 4.90 Å². The summed E-state index contributed by atoms with van der Waals surface area (Å²) in [5, 5.41) is 20.0. The molecule has 0 radical (unpaired) electrons. The van der Waals surface area contributed by atoms with E-state index in [2.05, 4.69) is 0 Å². The van der Waals surface area contributed by atoms with E-state index in [1.807, 2.05) is 0 Å². The average Bonchev–Trinajstić information content (AvgIpc) is 2.66. The number of phenols is 2. The monoisotopic (exact) mass is 247 g/mol. The number of anilines is 1. The fraction of sp³-hybridized carbons (Fsp3) is 0.231. The Kier molecular flexibility index (Phi) is 2.62. The van der Waals surface area contributed by atoms with Crippen LogP contribution in [0.15, 0.2) is 12.2 Å². The number of aromatic hydroxyl groups is 2. The van der Waals surface area contributed by atoms with E-state index < -0.39 is 11.8 Å². The summed E-state index contributed by atoms with van der Waals surface area (Å²) in [7, 11) is 0. The molecule has 1 aromatic rings. The number of phenolic OH excluding ortho intramolecular Hbond substituents is 2. The number of hydrogen-bond acceptors (Lipinski definition) is 4. The fourth-order valence-electron chi connectivity index (χ4n) is 2.00. The zero-order valence-electron chi connectivity index (χ0n) is 10.3. The number of rotatable bonds is 1. The Morgan fingerprint density at radius 3 is 1.78 bits per heavy atom. The third-order valence-corrected chi connectivity index (χ3v) is 3.24. The molecule has 0 unspecified atom stereocenters. The van der Waals surface area contributed by atoms with E-state index in [1.165, 1.54) is 0 Å². The average molecular weight is 247 g/mol. The molecule has 2 rings (SSSR count). The largest absolute Gasteiger partial charge is 0.507 e. The quantitative estimate of drug-likeness (QED) is 0.581. The molecule has 1 aromatic carbocycles. The van der Waals surface area contributed by atoms with E-state index in [-0.39, 0.29) is 17.2 Å². The van der Waals surface area contributed by atoms with E-state index in [1.54, 1.807) is 20.8 Å². The molecular formula is C13H13NO4. The third kappa shape index (κ3) is 1.48. The maximum absolute atomic E-state index is 11.6. The van der Waals surface area contributed by atoms with Gasteiger partial charge in [0, 0.05) is 17.7 Å². The molecule has 94 valence electrons. The lowest BCUT2D eigenvalue weighted by atomic mass is 10.0. The van der Waals surface area contributed by atoms with Crippen molar-refractivity contribution in [3.63, 3.8) is 0 Å². The van der Waals surface area contributed by atoms with Gasteiger partial charge in [-0.1, -0.05) is 0 Å². The smallest absolute Gasteiger partial charge is 0.258 e. The van der Waals surface area contributed by atoms with Crippen molar-refractivity contribution in [2.75, 3.05) is 4.90 Å². The summed E-state index contributed by atoms with van der Waals surface area (Å²) in [6, 6.07) is 0. The first-order valence-electron chi connectivity index (χ1n) is 5.44. The molecule has 1 aliphatic rings. The topological polar surface area (TPSA) is 77.8 Å². The minimum Gasteiger partial charge on any atom is -0.507 e. The molecule has 1 heterocycles. The van der Waals surface area contributed by atoms with Crippen molar-refractivity contribution in [3.8, 4) is 11.5 Å². The summed E-state index contributed by atoms with van der Waals surface area (Å²) in [6.45, 7) is 4.83. The van der Waals surface area contributed by atoms with Gasteiger partial charge in [0.05, 0.1) is 0 Å².